The number of ether oxygens (including phenoxy) is 7. The van der Waals surface area contributed by atoms with Crippen molar-refractivity contribution in [3.63, 3.8) is 0 Å². The number of amides is 1. The van der Waals surface area contributed by atoms with Crippen LogP contribution in [0.1, 0.15) is 38.7 Å². The normalized spacial score (nSPS) is 19.8. The van der Waals surface area contributed by atoms with E-state index in [0.29, 0.717) is 55.6 Å². The van der Waals surface area contributed by atoms with Gasteiger partial charge in [0.2, 0.25) is 23.0 Å². The Kier molecular flexibility index (Phi) is 14.4. The molecule has 5 atom stereocenters. The molecule has 2 saturated heterocycles. The molecule has 17 heteroatoms. The number of alkyl carbamates (subject to hydrolysis) is 1. The molecule has 0 spiro atoms. The van der Waals surface area contributed by atoms with Gasteiger partial charge in [-0.2, -0.15) is 9.57 Å². The summed E-state index contributed by atoms with van der Waals surface area (Å²) in [7, 11) is -4.10. The quantitative estimate of drug-likeness (QED) is 0.0717. The minimum Gasteiger partial charge on any atom is -0.494 e. The number of unbranched alkanes of at least 4 members (excludes halogenated alkanes) is 1. The lowest BCUT2D eigenvalue weighted by Crippen LogP contribution is -2.51. The van der Waals surface area contributed by atoms with Gasteiger partial charge in [0.25, 0.3) is 0 Å². The van der Waals surface area contributed by atoms with Crippen molar-refractivity contribution in [3.05, 3.63) is 78.4 Å². The van der Waals surface area contributed by atoms with E-state index in [1.807, 2.05) is 44.2 Å². The van der Waals surface area contributed by atoms with Crippen molar-refractivity contribution in [2.75, 3.05) is 46.2 Å². The van der Waals surface area contributed by atoms with Crippen molar-refractivity contribution in [2.24, 2.45) is 16.8 Å². The third-order valence-electron chi connectivity index (χ3n) is 9.56. The SMILES string of the molecule is CC(C)CN(C[C@@H](O)[C@H](Cc1ccc(OCCCCN/C(=N/C#N)Oc2ccccc2)cc1)NC(=O)O[C@H]1CO[C@H]2OCC[C@H]21)S(=O)(=O)c1ccc2c(c1)OCO2. The van der Waals surface area contributed by atoms with Crippen LogP contribution in [0.25, 0.3) is 0 Å². The van der Waals surface area contributed by atoms with Crippen LogP contribution in [-0.2, 0) is 30.7 Å². The molecule has 2 fully saturated rings. The highest BCUT2D eigenvalue weighted by Gasteiger charge is 2.44. The summed E-state index contributed by atoms with van der Waals surface area (Å²) in [5.74, 6) is 1.81. The smallest absolute Gasteiger partial charge is 0.407 e. The van der Waals surface area contributed by atoms with Crippen LogP contribution in [0.2, 0.25) is 0 Å². The van der Waals surface area contributed by atoms with Crippen molar-refractivity contribution < 1.29 is 51.5 Å². The fourth-order valence-electron chi connectivity index (χ4n) is 6.69. The van der Waals surface area contributed by atoms with Crippen LogP contribution in [0, 0.1) is 23.3 Å². The Morgan fingerprint density at radius 3 is 2.58 bits per heavy atom. The molecular formula is C40H49N5O11S. The van der Waals surface area contributed by atoms with E-state index < -0.39 is 40.7 Å². The minimum atomic E-state index is -4.10. The van der Waals surface area contributed by atoms with E-state index in [9.17, 15) is 18.3 Å². The number of carbonyl (C=O) groups is 1. The Morgan fingerprint density at radius 2 is 1.81 bits per heavy atom. The van der Waals surface area contributed by atoms with E-state index in [0.717, 1.165) is 12.0 Å². The molecule has 0 bridgehead atoms. The van der Waals surface area contributed by atoms with Gasteiger partial charge in [0, 0.05) is 25.7 Å². The van der Waals surface area contributed by atoms with Crippen molar-refractivity contribution in [3.8, 4) is 29.2 Å². The molecule has 0 aliphatic carbocycles. The highest BCUT2D eigenvalue weighted by Crippen LogP contribution is 2.35. The Labute approximate surface area is 332 Å². The largest absolute Gasteiger partial charge is 0.494 e. The summed E-state index contributed by atoms with van der Waals surface area (Å²) in [4.78, 5) is 17.0. The van der Waals surface area contributed by atoms with Gasteiger partial charge in [-0.05, 0) is 73.6 Å². The number of amidine groups is 1. The van der Waals surface area contributed by atoms with E-state index in [2.05, 4.69) is 15.6 Å². The fraction of sp³-hybridized carbons (Fsp3) is 0.475. The number of sulfonamides is 1. The molecule has 306 valence electrons. The summed E-state index contributed by atoms with van der Waals surface area (Å²) < 4.78 is 68.5. The van der Waals surface area contributed by atoms with Crippen molar-refractivity contribution in [1.29, 1.82) is 5.26 Å². The van der Waals surface area contributed by atoms with Gasteiger partial charge >= 0.3 is 12.1 Å². The molecule has 3 aromatic rings. The van der Waals surface area contributed by atoms with E-state index in [1.54, 1.807) is 36.5 Å². The fourth-order valence-corrected chi connectivity index (χ4v) is 8.32. The standard InChI is InChI=1S/C40H49N5O11S/c1-27(2)22-45(57(48,49)31-14-15-35-36(21-31)54-26-53-35)23-34(46)33(44-40(47)56-37-24-52-38-32(37)16-19-51-38)20-28-10-12-29(13-11-28)50-18-7-6-17-42-39(43-25-41)55-30-8-4-3-5-9-30/h3-5,8-15,21,27,32-34,37-38,46H,6-7,16-20,22-24,26H2,1-2H3,(H,42,43)(H,44,47)/t32-,33-,34+,37-,38+/m0/s1. The molecular weight excluding hydrogens is 759 g/mol. The number of aliphatic imine (C=N–C) groups is 1. The van der Waals surface area contributed by atoms with Crippen LogP contribution < -0.4 is 29.6 Å². The van der Waals surface area contributed by atoms with Crippen molar-refractivity contribution >= 4 is 22.1 Å². The molecule has 16 nitrogen and oxygen atoms in total. The molecule has 0 radical (unpaired) electrons. The number of nitrogens with zero attached hydrogens (tertiary/aromatic N) is 3. The van der Waals surface area contributed by atoms with Gasteiger partial charge in [-0.3, -0.25) is 0 Å². The molecule has 3 N–H and O–H groups in total. The van der Waals surface area contributed by atoms with Crippen molar-refractivity contribution in [1.82, 2.24) is 14.9 Å². The van der Waals surface area contributed by atoms with Crippen LogP contribution in [-0.4, -0.2) is 101 Å². The summed E-state index contributed by atoms with van der Waals surface area (Å²) in [5.41, 5.74) is 0.765. The second kappa shape index (κ2) is 19.8. The number of carbonyl (C=O) groups excluding carboxylic acids is 1. The monoisotopic (exact) mass is 807 g/mol. The lowest BCUT2D eigenvalue weighted by molar-refractivity contribution is -0.0907. The predicted molar refractivity (Wildman–Crippen MR) is 206 cm³/mol. The number of aliphatic hydroxyl groups is 1. The zero-order chi connectivity index (χ0) is 40.2. The first-order valence-electron chi connectivity index (χ1n) is 19.0. The number of hydrogen-bond donors (Lipinski definition) is 3. The lowest BCUT2D eigenvalue weighted by Gasteiger charge is -2.31. The zero-order valence-corrected chi connectivity index (χ0v) is 32.8. The molecule has 3 aliphatic rings. The van der Waals surface area contributed by atoms with Crippen LogP contribution in [0.5, 0.6) is 23.0 Å². The maximum atomic E-state index is 14.0. The highest BCUT2D eigenvalue weighted by atomic mass is 32.2. The number of para-hydroxylation sites is 1. The lowest BCUT2D eigenvalue weighted by atomic mass is 10.0. The zero-order valence-electron chi connectivity index (χ0n) is 32.0. The third-order valence-corrected chi connectivity index (χ3v) is 11.4. The average Bonchev–Trinajstić information content (AvgIpc) is 3.95. The summed E-state index contributed by atoms with van der Waals surface area (Å²) in [5, 5.41) is 26.6. The van der Waals surface area contributed by atoms with E-state index in [1.165, 1.54) is 16.4 Å². The van der Waals surface area contributed by atoms with Gasteiger partial charge < -0.3 is 48.9 Å². The second-order valence-corrected chi connectivity index (χ2v) is 16.2. The second-order valence-electron chi connectivity index (χ2n) is 14.3. The maximum absolute atomic E-state index is 14.0. The van der Waals surface area contributed by atoms with Gasteiger partial charge in [0.05, 0.1) is 42.8 Å². The molecule has 6 rings (SSSR count). The number of rotatable bonds is 18. The Morgan fingerprint density at radius 1 is 1.02 bits per heavy atom. The Bertz CT molecular complexity index is 1960. The average molecular weight is 808 g/mol. The topological polar surface area (TPSA) is 199 Å². The van der Waals surface area contributed by atoms with Crippen LogP contribution in [0.4, 0.5) is 4.79 Å². The Hall–Kier alpha value is -5.12. The number of benzene rings is 3. The molecule has 3 heterocycles. The van der Waals surface area contributed by atoms with E-state index in [4.69, 9.17) is 38.4 Å². The number of nitriles is 1. The third kappa shape index (κ3) is 11.5. The summed E-state index contributed by atoms with van der Waals surface area (Å²) in [6, 6.07) is 19.9. The van der Waals surface area contributed by atoms with Crippen LogP contribution >= 0.6 is 0 Å². The molecule has 3 aliphatic heterocycles. The van der Waals surface area contributed by atoms with Crippen LogP contribution in [0.15, 0.2) is 82.7 Å². The molecule has 0 aromatic heterocycles. The van der Waals surface area contributed by atoms with Gasteiger partial charge in [-0.15, -0.1) is 4.99 Å². The highest BCUT2D eigenvalue weighted by molar-refractivity contribution is 7.89. The first kappa shape index (κ1) is 41.5. The maximum Gasteiger partial charge on any atom is 0.407 e. The molecule has 3 aromatic carbocycles. The molecule has 1 amide bonds. The first-order valence-corrected chi connectivity index (χ1v) is 20.5. The van der Waals surface area contributed by atoms with E-state index in [-0.39, 0.29) is 55.7 Å². The summed E-state index contributed by atoms with van der Waals surface area (Å²) in [6.45, 7) is 5.24. The van der Waals surface area contributed by atoms with Gasteiger partial charge in [-0.1, -0.05) is 44.2 Å². The number of nitrogens with one attached hydrogen (secondary N) is 2. The van der Waals surface area contributed by atoms with Gasteiger partial charge in [0.1, 0.15) is 17.6 Å². The predicted octanol–water partition coefficient (Wildman–Crippen LogP) is 4.19. The summed E-state index contributed by atoms with van der Waals surface area (Å²) >= 11 is 0. The first-order chi connectivity index (χ1) is 27.6. The van der Waals surface area contributed by atoms with E-state index >= 15 is 0 Å². The molecule has 0 unspecified atom stereocenters. The van der Waals surface area contributed by atoms with Gasteiger partial charge in [0.15, 0.2) is 17.8 Å². The van der Waals surface area contributed by atoms with Crippen LogP contribution in [0.3, 0.4) is 0 Å². The summed E-state index contributed by atoms with van der Waals surface area (Å²) in [6.07, 6.45) is 1.03. The molecule has 0 saturated carbocycles. The Balaban J connectivity index is 1.07. The minimum absolute atomic E-state index is 0.000362. The van der Waals surface area contributed by atoms with Crippen molar-refractivity contribution in [2.45, 2.75) is 69.0 Å². The van der Waals surface area contributed by atoms with Gasteiger partial charge in [-0.25, -0.2) is 13.2 Å². The molecule has 57 heavy (non-hydrogen) atoms. The number of aliphatic hydroxyl groups excluding tert-OH is 1. The number of fused-ring (bicyclic) bond motifs is 2. The number of hydrogen-bond acceptors (Lipinski definition) is 13.